The van der Waals surface area contributed by atoms with Crippen molar-refractivity contribution < 1.29 is 67.4 Å². The molecule has 0 fully saturated rings. The molecule has 0 bridgehead atoms. The van der Waals surface area contributed by atoms with E-state index in [9.17, 15) is 13.7 Å². The van der Waals surface area contributed by atoms with Crippen molar-refractivity contribution in [3.05, 3.63) is 307 Å². The molecule has 456 valence electrons. The first kappa shape index (κ1) is 37.2. The number of hydrogen-bond donors (Lipinski definition) is 0. The fourth-order valence-corrected chi connectivity index (χ4v) is 15.2. The molecule has 0 amide bonds. The molecule has 0 atom stereocenters. The Bertz CT molecular complexity index is 6360. The number of pyridine rings is 1. The maximum Gasteiger partial charge on any atom is 0.268 e. The quantitative estimate of drug-likeness (QED) is 0.0529. The van der Waals surface area contributed by atoms with Crippen LogP contribution in [0.1, 0.15) is 122 Å². The predicted octanol–water partition coefficient (Wildman–Crippen LogP) is 18.2. The second-order valence-corrected chi connectivity index (χ2v) is 28.8. The standard InChI is InChI=1S/C85H74N4OSi.Pt/c1-58-48-81(86-56-75(58)59-28-15-11-16-29-59)89-77-43-24-23-40-73(77)74-46-45-67(55-79(74)89)90-66-32-26-31-65(54-66)87-57-88(82-72(41-27-42-76(82)85(8,9)10)62-49-63(83(2,3)4)53-64(50-62)84(5,6)7)78-47-44-61(52-80(78)87)60-30-25-39-71(51-60)91(68-33-17-12-18-34-68,69-35-19-13-20-36-69)70-37-21-14-22-38-70;/h11-53,56H,1-10H3;/q-2;/i1D3,11D,12D,13D,14D,15D,16D,17D,18D,19D,20D,21D,22D,25D,28D,29D,30D,33D,34D,35D,36D,37D,38D,39D,51D;. The van der Waals surface area contributed by atoms with E-state index in [4.69, 9.17) is 33.0 Å². The third-order valence-electron chi connectivity index (χ3n) is 16.3. The number of fused-ring (bicyclic) bond motifs is 4. The van der Waals surface area contributed by atoms with Crippen LogP contribution in [-0.4, -0.2) is 22.2 Å². The minimum Gasteiger partial charge on any atom is -0.510 e. The monoisotopic (exact) mass is 1420 g/mol. The molecule has 11 aromatic carbocycles. The molecule has 92 heavy (non-hydrogen) atoms. The Morgan fingerprint density at radius 1 is 0.500 bits per heavy atom. The summed E-state index contributed by atoms with van der Waals surface area (Å²) in [4.78, 5) is 4.72. The van der Waals surface area contributed by atoms with E-state index in [0.29, 0.717) is 33.0 Å². The van der Waals surface area contributed by atoms with Crippen LogP contribution in [0.4, 0.5) is 0 Å². The number of hydrogen-bond acceptors (Lipinski definition) is 2. The summed E-state index contributed by atoms with van der Waals surface area (Å²) in [6.45, 7) is 16.1. The van der Waals surface area contributed by atoms with E-state index < -0.39 is 192 Å². The third kappa shape index (κ3) is 11.3. The summed E-state index contributed by atoms with van der Waals surface area (Å²) < 4.78 is 261. The van der Waals surface area contributed by atoms with Crippen LogP contribution in [0.3, 0.4) is 0 Å². The fourth-order valence-electron chi connectivity index (χ4n) is 11.7. The van der Waals surface area contributed by atoms with Gasteiger partial charge in [0, 0.05) is 54.0 Å². The molecular weight excluding hydrogens is 1320 g/mol. The van der Waals surface area contributed by atoms with Crippen LogP contribution in [0.15, 0.2) is 266 Å². The summed E-state index contributed by atoms with van der Waals surface area (Å²) >= 11 is 0. The van der Waals surface area contributed by atoms with Gasteiger partial charge in [0.05, 0.1) is 49.6 Å². The zero-order chi connectivity index (χ0) is 86.2. The Hall–Kier alpha value is -9.45. The predicted molar refractivity (Wildman–Crippen MR) is 381 cm³/mol. The van der Waals surface area contributed by atoms with Crippen molar-refractivity contribution in [2.75, 3.05) is 0 Å². The number of imidazole rings is 1. The van der Waals surface area contributed by atoms with Crippen LogP contribution in [0.5, 0.6) is 11.5 Å². The molecule has 0 radical (unpaired) electrons. The minimum atomic E-state index is -6.26. The van der Waals surface area contributed by atoms with Crippen LogP contribution in [0.25, 0.3) is 83.4 Å². The molecule has 0 saturated carbocycles. The maximum atomic E-state index is 10.8. The van der Waals surface area contributed by atoms with Crippen molar-refractivity contribution in [3.8, 4) is 62.1 Å². The Morgan fingerprint density at radius 2 is 1.11 bits per heavy atom. The van der Waals surface area contributed by atoms with Crippen molar-refractivity contribution in [3.63, 3.8) is 0 Å². The largest absolute Gasteiger partial charge is 0.510 e. The molecule has 5 nitrogen and oxygen atoms in total. The summed E-state index contributed by atoms with van der Waals surface area (Å²) in [6, 6.07) is 17.5. The van der Waals surface area contributed by atoms with Gasteiger partial charge in [0.1, 0.15) is 5.82 Å². The molecule has 3 aromatic heterocycles. The van der Waals surface area contributed by atoms with E-state index in [1.54, 1.807) is 63.7 Å². The first-order valence-electron chi connectivity index (χ1n) is 43.0. The van der Waals surface area contributed by atoms with Gasteiger partial charge in [-0.25, -0.2) is 4.98 Å². The van der Waals surface area contributed by atoms with Gasteiger partial charge in [-0.1, -0.05) is 280 Å². The summed E-state index contributed by atoms with van der Waals surface area (Å²) in [6.07, 6.45) is 4.83. The molecule has 14 aromatic rings. The van der Waals surface area contributed by atoms with Crippen molar-refractivity contribution in [2.45, 2.75) is 85.4 Å². The van der Waals surface area contributed by atoms with E-state index in [-0.39, 0.29) is 82.7 Å². The first-order chi connectivity index (χ1) is 55.1. The topological polar surface area (TPSA) is 35.9 Å². The van der Waals surface area contributed by atoms with Gasteiger partial charge in [0.25, 0.3) is 6.33 Å². The van der Waals surface area contributed by atoms with Crippen LogP contribution in [0.2, 0.25) is 0 Å². The average molecular weight is 1420 g/mol. The fraction of sp³-hybridized carbons (Fsp3) is 0.153. The Balaban J connectivity index is 0.0000123. The van der Waals surface area contributed by atoms with Crippen molar-refractivity contribution in [1.29, 1.82) is 0 Å². The Kier molecular flexibility index (Phi) is 9.81. The van der Waals surface area contributed by atoms with E-state index in [1.807, 2.05) is 34.9 Å². The molecule has 0 spiro atoms. The average Bonchev–Trinajstić information content (AvgIpc) is 1.29. The molecule has 3 heterocycles. The smallest absolute Gasteiger partial charge is 0.268 e. The van der Waals surface area contributed by atoms with E-state index in [0.717, 1.165) is 27.8 Å². The van der Waals surface area contributed by atoms with Gasteiger partial charge in [0.15, 0.2) is 8.07 Å². The van der Waals surface area contributed by atoms with Gasteiger partial charge < -0.3 is 13.9 Å². The number of nitrogens with zero attached hydrogens (tertiary/aromatic N) is 4. The van der Waals surface area contributed by atoms with Gasteiger partial charge in [-0.05, 0) is 123 Å². The zero-order valence-corrected chi connectivity index (χ0v) is 54.8. The number of para-hydroxylation sites is 2. The molecule has 0 saturated heterocycles. The van der Waals surface area contributed by atoms with Crippen LogP contribution >= 0.6 is 0 Å². The molecule has 0 unspecified atom stereocenters. The van der Waals surface area contributed by atoms with Gasteiger partial charge in [-0.15, -0.1) is 29.7 Å². The van der Waals surface area contributed by atoms with Gasteiger partial charge in [-0.2, -0.15) is 18.2 Å². The second-order valence-electron chi connectivity index (χ2n) is 25.3. The molecule has 14 rings (SSSR count). The zero-order valence-electron chi connectivity index (χ0n) is 78.6. The van der Waals surface area contributed by atoms with Crippen molar-refractivity contribution in [1.82, 2.24) is 14.1 Å². The molecule has 0 aliphatic rings. The number of aryl methyl sites for hydroxylation is 1. The van der Waals surface area contributed by atoms with E-state index in [1.165, 1.54) is 18.3 Å². The molecule has 0 aliphatic carbocycles. The maximum absolute atomic E-state index is 10.8. The van der Waals surface area contributed by atoms with Crippen molar-refractivity contribution >= 4 is 61.7 Å². The van der Waals surface area contributed by atoms with Gasteiger partial charge in [-0.3, -0.25) is 4.57 Å². The summed E-state index contributed by atoms with van der Waals surface area (Å²) in [5.74, 6) is 0.285. The summed E-state index contributed by atoms with van der Waals surface area (Å²) in [5.41, 5.74) is 4.28. The SMILES string of the molecule is [2H]c1c([2H])c([2H])c(-c2cnc(-n3c4[c-]c(Oc5[c-]c(-n6[c-][n+](-c7c(-c8cc(C(C)(C)C)cc(C(C)(C)C)c8)cccc7C(C)(C)C)c7ccc(-c8c([2H])c([2H])c([2H])c([Si](c9c([2H])c([2H])c([2H])c([2H])c9[2H])(c9c([2H])c([2H])c([2H])c([2H])c9[2H])c9c([2H])c([2H])c([2H])c([2H])c9[2H])c8[2H])cc76)ccc5)ccc4c4ccccc43)cc2C([2H])([2H])[2H])c([2H])c1[2H].[Pt]. The number of aromatic nitrogens is 4. The minimum absolute atomic E-state index is 0. The third-order valence-corrected chi connectivity index (χ3v) is 20.3. The summed E-state index contributed by atoms with van der Waals surface area (Å²) in [5, 5.41) is -2.55. The van der Waals surface area contributed by atoms with Crippen LogP contribution in [0, 0.1) is 25.3 Å². The van der Waals surface area contributed by atoms with E-state index in [2.05, 4.69) is 99.0 Å². The van der Waals surface area contributed by atoms with Crippen LogP contribution in [-0.2, 0) is 37.3 Å². The summed E-state index contributed by atoms with van der Waals surface area (Å²) in [7, 11) is -6.26. The van der Waals surface area contributed by atoms with Crippen molar-refractivity contribution in [2.24, 2.45) is 0 Å². The molecule has 0 aliphatic heterocycles. The Morgan fingerprint density at radius 3 is 1.75 bits per heavy atom. The number of benzene rings is 11. The number of ether oxygens (including phenoxy) is 1. The van der Waals surface area contributed by atoms with Gasteiger partial charge >= 0.3 is 0 Å². The van der Waals surface area contributed by atoms with Gasteiger partial charge in [0.2, 0.25) is 0 Å². The normalized spacial score (nSPS) is 16.4. The Labute approximate surface area is 595 Å². The number of rotatable bonds is 12. The second kappa shape index (κ2) is 24.3. The molecular formula is C85H74N4OPtSi-2. The first-order valence-corrected chi connectivity index (χ1v) is 31.5. The molecule has 0 N–H and O–H groups in total. The van der Waals surface area contributed by atoms with Crippen LogP contribution < -0.4 is 30.1 Å². The molecule has 7 heteroatoms. The van der Waals surface area contributed by atoms with E-state index >= 15 is 0 Å².